The molecule has 2 heteroatoms. The van der Waals surface area contributed by atoms with Gasteiger partial charge in [-0.05, 0) is 51.7 Å². The number of rotatable bonds is 3. The molecular weight excluding hydrogens is 280 g/mol. The summed E-state index contributed by atoms with van der Waals surface area (Å²) >= 11 is 6.10. The molecular formula is C19H15ClO. The molecule has 0 saturated heterocycles. The second kappa shape index (κ2) is 6.02. The molecule has 0 radical (unpaired) electrons. The fourth-order valence-corrected chi connectivity index (χ4v) is 2.61. The molecule has 104 valence electrons. The molecule has 0 atom stereocenters. The minimum Gasteiger partial charge on any atom is -0.504 e. The van der Waals surface area contributed by atoms with Crippen LogP contribution in [0.5, 0.6) is 0 Å². The Kier molecular flexibility index (Phi) is 3.94. The Morgan fingerprint density at radius 1 is 0.905 bits per heavy atom. The van der Waals surface area contributed by atoms with Crippen LogP contribution in [0, 0.1) is 0 Å². The maximum absolute atomic E-state index is 6.10. The highest BCUT2D eigenvalue weighted by Gasteiger charge is 2.05. The van der Waals surface area contributed by atoms with Gasteiger partial charge in [0.05, 0.1) is 13.4 Å². The Balaban J connectivity index is 2.15. The van der Waals surface area contributed by atoms with Crippen molar-refractivity contribution in [1.29, 1.82) is 0 Å². The van der Waals surface area contributed by atoms with Gasteiger partial charge < -0.3 is 4.74 Å². The van der Waals surface area contributed by atoms with Crippen LogP contribution in [-0.4, -0.2) is 7.11 Å². The maximum Gasteiger partial charge on any atom is 0.0830 e. The number of fused-ring (bicyclic) bond motifs is 1. The lowest BCUT2D eigenvalue weighted by Gasteiger charge is -2.08. The Morgan fingerprint density at radius 3 is 2.52 bits per heavy atom. The topological polar surface area (TPSA) is 9.23 Å². The van der Waals surface area contributed by atoms with Crippen molar-refractivity contribution < 1.29 is 4.74 Å². The first-order valence-electron chi connectivity index (χ1n) is 6.76. The molecule has 3 aromatic rings. The lowest BCUT2D eigenvalue weighted by molar-refractivity contribution is 0.341. The third-order valence-corrected chi connectivity index (χ3v) is 3.69. The lowest BCUT2D eigenvalue weighted by atomic mass is 9.97. The molecule has 0 saturated carbocycles. The van der Waals surface area contributed by atoms with Crippen LogP contribution in [0.1, 0.15) is 5.56 Å². The zero-order valence-corrected chi connectivity index (χ0v) is 12.5. The number of methoxy groups -OCH3 is 1. The van der Waals surface area contributed by atoms with Gasteiger partial charge in [-0.15, -0.1) is 0 Å². The van der Waals surface area contributed by atoms with Crippen molar-refractivity contribution in [2.45, 2.75) is 0 Å². The second-order valence-electron chi connectivity index (χ2n) is 4.83. The lowest BCUT2D eigenvalue weighted by Crippen LogP contribution is -1.85. The molecule has 21 heavy (non-hydrogen) atoms. The zero-order chi connectivity index (χ0) is 14.7. The highest BCUT2D eigenvalue weighted by Crippen LogP contribution is 2.30. The van der Waals surface area contributed by atoms with E-state index in [0.29, 0.717) is 0 Å². The fraction of sp³-hybridized carbons (Fsp3) is 0.0526. The summed E-state index contributed by atoms with van der Waals surface area (Å²) in [6, 6.07) is 20.7. The quantitative estimate of drug-likeness (QED) is 0.557. The maximum atomic E-state index is 6.10. The van der Waals surface area contributed by atoms with Crippen molar-refractivity contribution in [2.24, 2.45) is 0 Å². The SMILES string of the molecule is CO/C=C/c1cc(Cl)ccc1-c1ccc2ccccc2c1. The molecule has 3 aromatic carbocycles. The Morgan fingerprint density at radius 2 is 1.71 bits per heavy atom. The minimum absolute atomic E-state index is 0.718. The van der Waals surface area contributed by atoms with Crippen LogP contribution in [-0.2, 0) is 4.74 Å². The molecule has 0 N–H and O–H groups in total. The van der Waals surface area contributed by atoms with Crippen LogP contribution in [0.2, 0.25) is 5.02 Å². The third-order valence-electron chi connectivity index (χ3n) is 3.46. The number of hydrogen-bond acceptors (Lipinski definition) is 1. The largest absolute Gasteiger partial charge is 0.504 e. The van der Waals surface area contributed by atoms with E-state index in [9.17, 15) is 0 Å². The van der Waals surface area contributed by atoms with E-state index < -0.39 is 0 Å². The molecule has 0 bridgehead atoms. The van der Waals surface area contributed by atoms with Crippen molar-refractivity contribution in [2.75, 3.05) is 7.11 Å². The van der Waals surface area contributed by atoms with Gasteiger partial charge in [0.15, 0.2) is 0 Å². The second-order valence-corrected chi connectivity index (χ2v) is 5.27. The third kappa shape index (κ3) is 2.93. The molecule has 3 rings (SSSR count). The van der Waals surface area contributed by atoms with Crippen LogP contribution in [0.3, 0.4) is 0 Å². The zero-order valence-electron chi connectivity index (χ0n) is 11.7. The summed E-state index contributed by atoms with van der Waals surface area (Å²) in [4.78, 5) is 0. The Bertz CT molecular complexity index is 806. The average molecular weight is 295 g/mol. The van der Waals surface area contributed by atoms with E-state index in [1.165, 1.54) is 16.3 Å². The van der Waals surface area contributed by atoms with Crippen LogP contribution >= 0.6 is 11.6 Å². The summed E-state index contributed by atoms with van der Waals surface area (Å²) in [6.07, 6.45) is 3.59. The minimum atomic E-state index is 0.718. The number of ether oxygens (including phenoxy) is 1. The van der Waals surface area contributed by atoms with Gasteiger partial charge in [-0.2, -0.15) is 0 Å². The molecule has 0 unspecified atom stereocenters. The predicted octanol–water partition coefficient (Wildman–Crippen LogP) is 5.78. The highest BCUT2D eigenvalue weighted by molar-refractivity contribution is 6.30. The first-order chi connectivity index (χ1) is 10.3. The van der Waals surface area contributed by atoms with Gasteiger partial charge in [0, 0.05) is 5.02 Å². The van der Waals surface area contributed by atoms with Crippen LogP contribution in [0.4, 0.5) is 0 Å². The molecule has 0 fully saturated rings. The summed E-state index contributed by atoms with van der Waals surface area (Å²) in [7, 11) is 1.64. The van der Waals surface area contributed by atoms with E-state index in [0.717, 1.165) is 16.1 Å². The standard InChI is InChI=1S/C19H15ClO/c1-21-11-10-17-13-18(20)8-9-19(17)16-7-6-14-4-2-3-5-15(14)12-16/h2-13H,1H3/b11-10+. The van der Waals surface area contributed by atoms with Crippen molar-refractivity contribution in [1.82, 2.24) is 0 Å². The predicted molar refractivity (Wildman–Crippen MR) is 90.4 cm³/mol. The van der Waals surface area contributed by atoms with Crippen molar-refractivity contribution >= 4 is 28.4 Å². The van der Waals surface area contributed by atoms with Gasteiger partial charge in [0.1, 0.15) is 0 Å². The van der Waals surface area contributed by atoms with Gasteiger partial charge in [0.25, 0.3) is 0 Å². The molecule has 0 aliphatic heterocycles. The highest BCUT2D eigenvalue weighted by atomic mass is 35.5. The molecule has 0 spiro atoms. The van der Waals surface area contributed by atoms with Crippen LogP contribution in [0.25, 0.3) is 28.0 Å². The van der Waals surface area contributed by atoms with Crippen molar-refractivity contribution in [3.8, 4) is 11.1 Å². The molecule has 0 aliphatic carbocycles. The van der Waals surface area contributed by atoms with Gasteiger partial charge in [-0.25, -0.2) is 0 Å². The van der Waals surface area contributed by atoms with Gasteiger partial charge in [0.2, 0.25) is 0 Å². The molecule has 0 aliphatic rings. The smallest absolute Gasteiger partial charge is 0.0830 e. The van der Waals surface area contributed by atoms with Crippen molar-refractivity contribution in [3.63, 3.8) is 0 Å². The number of halogens is 1. The van der Waals surface area contributed by atoms with E-state index in [1.54, 1.807) is 13.4 Å². The monoisotopic (exact) mass is 294 g/mol. The number of hydrogen-bond donors (Lipinski definition) is 0. The molecule has 0 aromatic heterocycles. The normalized spacial score (nSPS) is 11.1. The first kappa shape index (κ1) is 13.7. The van der Waals surface area contributed by atoms with E-state index in [4.69, 9.17) is 16.3 Å². The van der Waals surface area contributed by atoms with E-state index >= 15 is 0 Å². The molecule has 0 amide bonds. The summed E-state index contributed by atoms with van der Waals surface area (Å²) in [5.41, 5.74) is 3.35. The van der Waals surface area contributed by atoms with Gasteiger partial charge >= 0.3 is 0 Å². The summed E-state index contributed by atoms with van der Waals surface area (Å²) in [5.74, 6) is 0. The van der Waals surface area contributed by atoms with Gasteiger partial charge in [-0.1, -0.05) is 54.1 Å². The Hall–Kier alpha value is -2.25. The summed E-state index contributed by atoms with van der Waals surface area (Å²) < 4.78 is 5.02. The molecule has 1 nitrogen and oxygen atoms in total. The van der Waals surface area contributed by atoms with E-state index in [-0.39, 0.29) is 0 Å². The summed E-state index contributed by atoms with van der Waals surface area (Å²) in [5, 5.41) is 3.19. The fourth-order valence-electron chi connectivity index (χ4n) is 2.43. The molecule has 0 heterocycles. The van der Waals surface area contributed by atoms with Gasteiger partial charge in [-0.3, -0.25) is 0 Å². The average Bonchev–Trinajstić information content (AvgIpc) is 2.52. The van der Waals surface area contributed by atoms with E-state index in [2.05, 4.69) is 42.5 Å². The van der Waals surface area contributed by atoms with Crippen LogP contribution < -0.4 is 0 Å². The first-order valence-corrected chi connectivity index (χ1v) is 7.14. The number of benzene rings is 3. The van der Waals surface area contributed by atoms with Crippen LogP contribution in [0.15, 0.2) is 66.9 Å². The summed E-state index contributed by atoms with van der Waals surface area (Å²) in [6.45, 7) is 0. The van der Waals surface area contributed by atoms with E-state index in [1.807, 2.05) is 24.3 Å². The Labute approximate surface area is 129 Å². The van der Waals surface area contributed by atoms with Crippen molar-refractivity contribution in [3.05, 3.63) is 77.5 Å².